The predicted octanol–water partition coefficient (Wildman–Crippen LogP) is 2.70. The molecule has 1 saturated heterocycles. The van der Waals surface area contributed by atoms with Crippen molar-refractivity contribution in [2.75, 3.05) is 19.0 Å². The predicted molar refractivity (Wildman–Crippen MR) is 68.2 cm³/mol. The molecule has 3 nitrogen and oxygen atoms in total. The van der Waals surface area contributed by atoms with Crippen LogP contribution in [-0.2, 0) is 0 Å². The van der Waals surface area contributed by atoms with Gasteiger partial charge in [0, 0.05) is 25.2 Å². The van der Waals surface area contributed by atoms with Gasteiger partial charge in [-0.2, -0.15) is 0 Å². The van der Waals surface area contributed by atoms with Crippen LogP contribution in [0.3, 0.4) is 0 Å². The zero-order chi connectivity index (χ0) is 13.0. The molecule has 0 aromatic carbocycles. The average Bonchev–Trinajstić information content (AvgIpc) is 2.39. The van der Waals surface area contributed by atoms with Crippen molar-refractivity contribution < 1.29 is 9.18 Å². The molecule has 18 heavy (non-hydrogen) atoms. The maximum absolute atomic E-state index is 13.5. The largest absolute Gasteiger partial charge is 0.338 e. The van der Waals surface area contributed by atoms with Crippen LogP contribution in [0, 0.1) is 11.7 Å². The lowest BCUT2D eigenvalue weighted by molar-refractivity contribution is 0.0666. The van der Waals surface area contributed by atoms with Crippen molar-refractivity contribution in [2.45, 2.75) is 19.3 Å². The summed E-state index contributed by atoms with van der Waals surface area (Å²) in [5.41, 5.74) is 0.108. The molecule has 1 amide bonds. The maximum Gasteiger partial charge on any atom is 0.256 e. The second-order valence-electron chi connectivity index (χ2n) is 4.59. The minimum atomic E-state index is -0.554. The third-order valence-electron chi connectivity index (χ3n) is 3.33. The number of likely N-dealkylation sites (tertiary alicyclic amines) is 1. The van der Waals surface area contributed by atoms with E-state index in [9.17, 15) is 9.18 Å². The number of rotatable bonds is 3. The summed E-state index contributed by atoms with van der Waals surface area (Å²) < 4.78 is 13.5. The van der Waals surface area contributed by atoms with Crippen molar-refractivity contribution in [1.29, 1.82) is 0 Å². The zero-order valence-electron chi connectivity index (χ0n) is 10.1. The summed E-state index contributed by atoms with van der Waals surface area (Å²) in [6, 6.07) is 1.43. The number of pyridine rings is 1. The van der Waals surface area contributed by atoms with Crippen molar-refractivity contribution in [1.82, 2.24) is 9.88 Å². The number of amides is 1. The van der Waals surface area contributed by atoms with Gasteiger partial charge in [0.05, 0.1) is 11.8 Å². The van der Waals surface area contributed by atoms with E-state index in [4.69, 9.17) is 11.6 Å². The number of nitrogens with zero attached hydrogens (tertiary/aromatic N) is 2. The number of hydrogen-bond donors (Lipinski definition) is 0. The van der Waals surface area contributed by atoms with Crippen molar-refractivity contribution in [2.24, 2.45) is 5.92 Å². The van der Waals surface area contributed by atoms with Crippen molar-refractivity contribution in [3.63, 3.8) is 0 Å². The van der Waals surface area contributed by atoms with Crippen molar-refractivity contribution >= 4 is 17.5 Å². The fourth-order valence-electron chi connectivity index (χ4n) is 2.36. The number of carbonyl (C=O) groups is 1. The van der Waals surface area contributed by atoms with E-state index in [1.807, 2.05) is 0 Å². The quantitative estimate of drug-likeness (QED) is 0.791. The number of carbonyl (C=O) groups excluding carboxylic acids is 1. The third kappa shape index (κ3) is 2.99. The average molecular weight is 271 g/mol. The first kappa shape index (κ1) is 13.3. The van der Waals surface area contributed by atoms with Crippen LogP contribution in [0.15, 0.2) is 18.5 Å². The normalized spacial score (nSPS) is 19.9. The molecule has 0 aliphatic carbocycles. The van der Waals surface area contributed by atoms with Gasteiger partial charge >= 0.3 is 0 Å². The van der Waals surface area contributed by atoms with Gasteiger partial charge in [0.1, 0.15) is 0 Å². The number of hydrogen-bond acceptors (Lipinski definition) is 2. The Bertz CT molecular complexity index is 425. The van der Waals surface area contributed by atoms with Crippen LogP contribution in [0.2, 0.25) is 0 Å². The highest BCUT2D eigenvalue weighted by Crippen LogP contribution is 2.22. The van der Waals surface area contributed by atoms with Gasteiger partial charge in [0.2, 0.25) is 0 Å². The molecule has 2 rings (SSSR count). The van der Waals surface area contributed by atoms with Gasteiger partial charge in [0.15, 0.2) is 5.82 Å². The highest BCUT2D eigenvalue weighted by atomic mass is 35.5. The number of alkyl halides is 1. The zero-order valence-corrected chi connectivity index (χ0v) is 10.9. The van der Waals surface area contributed by atoms with E-state index in [0.29, 0.717) is 24.9 Å². The Morgan fingerprint density at radius 3 is 3.17 bits per heavy atom. The minimum Gasteiger partial charge on any atom is -0.338 e. The summed E-state index contributed by atoms with van der Waals surface area (Å²) >= 11 is 5.73. The first-order valence-electron chi connectivity index (χ1n) is 6.17. The summed E-state index contributed by atoms with van der Waals surface area (Å²) in [5.74, 6) is 0.247. The van der Waals surface area contributed by atoms with Crippen LogP contribution in [0.1, 0.15) is 29.6 Å². The summed E-state index contributed by atoms with van der Waals surface area (Å²) in [4.78, 5) is 17.6. The van der Waals surface area contributed by atoms with E-state index in [0.717, 1.165) is 25.5 Å². The van der Waals surface area contributed by atoms with Crippen LogP contribution in [0.25, 0.3) is 0 Å². The number of aromatic nitrogens is 1. The molecular formula is C13H16ClFN2O. The fraction of sp³-hybridized carbons (Fsp3) is 0.538. The van der Waals surface area contributed by atoms with Crippen LogP contribution in [0.4, 0.5) is 4.39 Å². The molecule has 0 spiro atoms. The molecule has 1 aliphatic heterocycles. The van der Waals surface area contributed by atoms with E-state index in [1.54, 1.807) is 4.90 Å². The van der Waals surface area contributed by atoms with Gasteiger partial charge in [-0.3, -0.25) is 9.78 Å². The Hall–Kier alpha value is -1.16. The fourth-order valence-corrected chi connectivity index (χ4v) is 2.67. The number of piperidine rings is 1. The minimum absolute atomic E-state index is 0.108. The van der Waals surface area contributed by atoms with Crippen molar-refractivity contribution in [3.8, 4) is 0 Å². The Morgan fingerprint density at radius 2 is 2.44 bits per heavy atom. The highest BCUT2D eigenvalue weighted by molar-refractivity contribution is 6.17. The summed E-state index contributed by atoms with van der Waals surface area (Å²) in [6.45, 7) is 1.37. The molecule has 1 atom stereocenters. The van der Waals surface area contributed by atoms with E-state index < -0.39 is 5.82 Å². The molecule has 1 aromatic rings. The Morgan fingerprint density at radius 1 is 1.61 bits per heavy atom. The number of halogens is 2. The molecule has 1 unspecified atom stereocenters. The van der Waals surface area contributed by atoms with Crippen LogP contribution >= 0.6 is 11.6 Å². The molecule has 1 fully saturated rings. The Labute approximate surface area is 111 Å². The standard InChI is InChI=1S/C13H16ClFN2O/c14-5-3-10-2-1-7-17(9-10)13(18)11-4-6-16-8-12(11)15/h4,6,8,10H,1-3,5,7,9H2. The van der Waals surface area contributed by atoms with E-state index in [2.05, 4.69) is 4.98 Å². The highest BCUT2D eigenvalue weighted by Gasteiger charge is 2.25. The lowest BCUT2D eigenvalue weighted by Gasteiger charge is -2.32. The Kier molecular flexibility index (Phi) is 4.53. The molecule has 98 valence electrons. The first-order chi connectivity index (χ1) is 8.72. The van der Waals surface area contributed by atoms with E-state index in [-0.39, 0.29) is 11.5 Å². The molecule has 0 bridgehead atoms. The molecule has 0 radical (unpaired) electrons. The summed E-state index contributed by atoms with van der Waals surface area (Å²) in [5, 5.41) is 0. The Balaban J connectivity index is 2.07. The third-order valence-corrected chi connectivity index (χ3v) is 3.54. The SMILES string of the molecule is O=C(c1ccncc1F)N1CCCC(CCCl)C1. The molecule has 1 aromatic heterocycles. The smallest absolute Gasteiger partial charge is 0.256 e. The van der Waals surface area contributed by atoms with Gasteiger partial charge in [-0.1, -0.05) is 0 Å². The molecule has 5 heteroatoms. The van der Waals surface area contributed by atoms with Gasteiger partial charge in [-0.05, 0) is 31.2 Å². The van der Waals surface area contributed by atoms with Gasteiger partial charge in [-0.15, -0.1) is 11.6 Å². The summed E-state index contributed by atoms with van der Waals surface area (Å²) in [7, 11) is 0. The molecule has 1 aliphatic rings. The van der Waals surface area contributed by atoms with Gasteiger partial charge in [0.25, 0.3) is 5.91 Å². The van der Waals surface area contributed by atoms with E-state index in [1.165, 1.54) is 12.3 Å². The topological polar surface area (TPSA) is 33.2 Å². The monoisotopic (exact) mass is 270 g/mol. The van der Waals surface area contributed by atoms with Crippen LogP contribution in [-0.4, -0.2) is 34.8 Å². The van der Waals surface area contributed by atoms with Gasteiger partial charge in [-0.25, -0.2) is 4.39 Å². The molecular weight excluding hydrogens is 255 g/mol. The first-order valence-corrected chi connectivity index (χ1v) is 6.70. The van der Waals surface area contributed by atoms with E-state index >= 15 is 0 Å². The lowest BCUT2D eigenvalue weighted by Crippen LogP contribution is -2.40. The second-order valence-corrected chi connectivity index (χ2v) is 4.97. The van der Waals surface area contributed by atoms with Crippen LogP contribution < -0.4 is 0 Å². The molecule has 0 N–H and O–H groups in total. The maximum atomic E-state index is 13.5. The molecule has 2 heterocycles. The molecule has 0 saturated carbocycles. The second kappa shape index (κ2) is 6.14. The van der Waals surface area contributed by atoms with Gasteiger partial charge < -0.3 is 4.90 Å². The summed E-state index contributed by atoms with van der Waals surface area (Å²) in [6.07, 6.45) is 5.48. The van der Waals surface area contributed by atoms with Crippen molar-refractivity contribution in [3.05, 3.63) is 29.8 Å². The van der Waals surface area contributed by atoms with Crippen LogP contribution in [0.5, 0.6) is 0 Å². The lowest BCUT2D eigenvalue weighted by atomic mass is 9.95.